The highest BCUT2D eigenvalue weighted by atomic mass is 32.2. The number of benzene rings is 2. The molecule has 3 aromatic rings. The Morgan fingerprint density at radius 3 is 2.65 bits per heavy atom. The summed E-state index contributed by atoms with van der Waals surface area (Å²) in [5, 5.41) is 1.34. The first-order valence-corrected chi connectivity index (χ1v) is 8.60. The van der Waals surface area contributed by atoms with Crippen LogP contribution in [-0.4, -0.2) is 17.9 Å². The maximum Gasteiger partial charge on any atom is 0.210 e. The second-order valence-electron chi connectivity index (χ2n) is 5.77. The van der Waals surface area contributed by atoms with Crippen molar-refractivity contribution in [2.75, 3.05) is 6.54 Å². The van der Waals surface area contributed by atoms with E-state index in [9.17, 15) is 4.79 Å². The molecule has 1 aromatic heterocycles. The van der Waals surface area contributed by atoms with E-state index in [-0.39, 0.29) is 11.3 Å². The molecule has 1 aliphatic rings. The van der Waals surface area contributed by atoms with Crippen LogP contribution >= 0.6 is 11.8 Å². The molecule has 1 aliphatic heterocycles. The Bertz CT molecular complexity index is 843. The van der Waals surface area contributed by atoms with Gasteiger partial charge in [0.15, 0.2) is 0 Å². The molecule has 4 heteroatoms. The number of rotatable bonds is 3. The van der Waals surface area contributed by atoms with Crippen molar-refractivity contribution in [2.45, 2.75) is 23.1 Å². The first-order valence-electron chi connectivity index (χ1n) is 7.72. The van der Waals surface area contributed by atoms with Gasteiger partial charge >= 0.3 is 0 Å². The Morgan fingerprint density at radius 1 is 1.13 bits per heavy atom. The molecule has 0 bridgehead atoms. The van der Waals surface area contributed by atoms with Gasteiger partial charge in [-0.1, -0.05) is 36.4 Å². The highest BCUT2D eigenvalue weighted by Crippen LogP contribution is 2.47. The number of amides is 1. The molecular formula is C19H17NO2S. The van der Waals surface area contributed by atoms with Crippen molar-refractivity contribution in [1.82, 2.24) is 4.90 Å². The van der Waals surface area contributed by atoms with Crippen LogP contribution in [-0.2, 0) is 4.79 Å². The monoisotopic (exact) mass is 323 g/mol. The summed E-state index contributed by atoms with van der Waals surface area (Å²) >= 11 is 1.79. The Kier molecular flexibility index (Phi) is 3.62. The number of carbonyl (C=O) groups excluding carboxylic acids is 1. The Morgan fingerprint density at radius 2 is 1.87 bits per heavy atom. The van der Waals surface area contributed by atoms with Crippen LogP contribution in [0, 0.1) is 0 Å². The number of hydrogen-bond acceptors (Lipinski definition) is 3. The lowest BCUT2D eigenvalue weighted by atomic mass is 9.99. The number of thioether (sulfide) groups is 1. The molecular weight excluding hydrogens is 306 g/mol. The van der Waals surface area contributed by atoms with Gasteiger partial charge in [-0.05, 0) is 25.1 Å². The van der Waals surface area contributed by atoms with E-state index in [1.54, 1.807) is 11.8 Å². The normalized spacial score (nSPS) is 20.5. The predicted molar refractivity (Wildman–Crippen MR) is 92.4 cm³/mol. The minimum Gasteiger partial charge on any atom is -0.459 e. The second kappa shape index (κ2) is 5.78. The van der Waals surface area contributed by atoms with Crippen molar-refractivity contribution < 1.29 is 9.21 Å². The van der Waals surface area contributed by atoms with Gasteiger partial charge in [0.2, 0.25) is 6.41 Å². The lowest BCUT2D eigenvalue weighted by Gasteiger charge is -2.34. The molecule has 2 unspecified atom stereocenters. The fourth-order valence-corrected chi connectivity index (χ4v) is 4.46. The van der Waals surface area contributed by atoms with Crippen LogP contribution in [0.2, 0.25) is 0 Å². The summed E-state index contributed by atoms with van der Waals surface area (Å²) in [4.78, 5) is 14.5. The quantitative estimate of drug-likeness (QED) is 0.649. The molecule has 116 valence electrons. The molecule has 0 aliphatic carbocycles. The number of para-hydroxylation sites is 1. The topological polar surface area (TPSA) is 33.5 Å². The summed E-state index contributed by atoms with van der Waals surface area (Å²) in [6.45, 7) is 2.72. The van der Waals surface area contributed by atoms with Crippen molar-refractivity contribution in [2.24, 2.45) is 0 Å². The zero-order valence-corrected chi connectivity index (χ0v) is 13.6. The molecule has 0 N–H and O–H groups in total. The van der Waals surface area contributed by atoms with E-state index in [1.807, 2.05) is 48.2 Å². The minimum absolute atomic E-state index is 0.0254. The zero-order valence-electron chi connectivity index (χ0n) is 12.8. The lowest BCUT2D eigenvalue weighted by Crippen LogP contribution is -2.34. The van der Waals surface area contributed by atoms with Gasteiger partial charge < -0.3 is 9.32 Å². The van der Waals surface area contributed by atoms with Crippen LogP contribution in [0.25, 0.3) is 11.0 Å². The van der Waals surface area contributed by atoms with Crippen molar-refractivity contribution >= 4 is 29.1 Å². The zero-order chi connectivity index (χ0) is 15.8. The van der Waals surface area contributed by atoms with Gasteiger partial charge in [0.05, 0.1) is 11.3 Å². The minimum atomic E-state index is -0.0254. The SMILES string of the molecule is CC1c2oc3ccccc3c2C(Sc2ccccc2)CN1C=O. The van der Waals surface area contributed by atoms with E-state index >= 15 is 0 Å². The van der Waals surface area contributed by atoms with Gasteiger partial charge in [-0.25, -0.2) is 0 Å². The van der Waals surface area contributed by atoms with Crippen LogP contribution < -0.4 is 0 Å². The molecule has 2 aromatic carbocycles. The van der Waals surface area contributed by atoms with E-state index in [1.165, 1.54) is 10.5 Å². The summed E-state index contributed by atoms with van der Waals surface area (Å²) < 4.78 is 6.09. The Labute approximate surface area is 139 Å². The van der Waals surface area contributed by atoms with E-state index in [0.717, 1.165) is 23.1 Å². The largest absolute Gasteiger partial charge is 0.459 e. The molecule has 0 spiro atoms. The highest BCUT2D eigenvalue weighted by molar-refractivity contribution is 7.99. The molecule has 3 nitrogen and oxygen atoms in total. The summed E-state index contributed by atoms with van der Waals surface area (Å²) in [6.07, 6.45) is 0.930. The van der Waals surface area contributed by atoms with Crippen LogP contribution in [0.5, 0.6) is 0 Å². The van der Waals surface area contributed by atoms with Gasteiger partial charge in [-0.2, -0.15) is 0 Å². The van der Waals surface area contributed by atoms with Gasteiger partial charge in [0.1, 0.15) is 11.3 Å². The first kappa shape index (κ1) is 14.4. The van der Waals surface area contributed by atoms with Gasteiger partial charge in [0.25, 0.3) is 0 Å². The molecule has 1 amide bonds. The average molecular weight is 323 g/mol. The molecule has 23 heavy (non-hydrogen) atoms. The Hall–Kier alpha value is -2.20. The number of fused-ring (bicyclic) bond motifs is 3. The van der Waals surface area contributed by atoms with Gasteiger partial charge in [-0.15, -0.1) is 11.8 Å². The predicted octanol–water partition coefficient (Wildman–Crippen LogP) is 4.80. The van der Waals surface area contributed by atoms with Crippen molar-refractivity contribution in [1.29, 1.82) is 0 Å². The maximum atomic E-state index is 11.5. The third-order valence-electron chi connectivity index (χ3n) is 4.40. The van der Waals surface area contributed by atoms with E-state index in [0.29, 0.717) is 6.54 Å². The number of nitrogens with zero attached hydrogens (tertiary/aromatic N) is 1. The highest BCUT2D eigenvalue weighted by Gasteiger charge is 2.35. The fraction of sp³-hybridized carbons (Fsp3) is 0.211. The number of hydrogen-bond donors (Lipinski definition) is 0. The fourth-order valence-electron chi connectivity index (χ4n) is 3.21. The van der Waals surface area contributed by atoms with Crippen molar-refractivity contribution in [3.63, 3.8) is 0 Å². The van der Waals surface area contributed by atoms with Gasteiger partial charge in [0, 0.05) is 22.4 Å². The maximum absolute atomic E-state index is 11.5. The van der Waals surface area contributed by atoms with Crippen LogP contribution in [0.4, 0.5) is 0 Å². The third kappa shape index (κ3) is 2.43. The number of carbonyl (C=O) groups is 1. The van der Waals surface area contributed by atoms with Crippen LogP contribution in [0.3, 0.4) is 0 Å². The van der Waals surface area contributed by atoms with Crippen LogP contribution in [0.15, 0.2) is 63.9 Å². The molecule has 0 radical (unpaired) electrons. The van der Waals surface area contributed by atoms with E-state index in [2.05, 4.69) is 18.2 Å². The smallest absolute Gasteiger partial charge is 0.210 e. The summed E-state index contributed by atoms with van der Waals surface area (Å²) in [6, 6.07) is 18.4. The first-order chi connectivity index (χ1) is 11.3. The van der Waals surface area contributed by atoms with E-state index < -0.39 is 0 Å². The van der Waals surface area contributed by atoms with Crippen molar-refractivity contribution in [3.05, 3.63) is 65.9 Å². The molecule has 0 fully saturated rings. The van der Waals surface area contributed by atoms with Crippen LogP contribution in [0.1, 0.15) is 29.5 Å². The molecule has 2 heterocycles. The molecule has 4 rings (SSSR count). The molecule has 0 saturated carbocycles. The van der Waals surface area contributed by atoms with E-state index in [4.69, 9.17) is 4.42 Å². The summed E-state index contributed by atoms with van der Waals surface area (Å²) in [5.41, 5.74) is 2.14. The summed E-state index contributed by atoms with van der Waals surface area (Å²) in [5.74, 6) is 0.915. The lowest BCUT2D eigenvalue weighted by molar-refractivity contribution is -0.120. The molecule has 0 saturated heterocycles. The Balaban J connectivity index is 1.83. The third-order valence-corrected chi connectivity index (χ3v) is 5.61. The standard InChI is InChI=1S/C19H17NO2S/c1-13-19-18(15-9-5-6-10-16(15)22-19)17(11-20(13)12-21)23-14-7-3-2-4-8-14/h2-10,12-13,17H,11H2,1H3. The summed E-state index contributed by atoms with van der Waals surface area (Å²) in [7, 11) is 0. The number of furan rings is 1. The van der Waals surface area contributed by atoms with Crippen molar-refractivity contribution in [3.8, 4) is 0 Å². The second-order valence-corrected chi connectivity index (χ2v) is 7.05. The van der Waals surface area contributed by atoms with Gasteiger partial charge in [-0.3, -0.25) is 4.79 Å². The average Bonchev–Trinajstić information content (AvgIpc) is 2.98. The molecule has 2 atom stereocenters.